The van der Waals surface area contributed by atoms with Crippen LogP contribution in [0.4, 0.5) is 21.8 Å². The minimum Gasteiger partial charge on any atom is -0.357 e. The number of anilines is 3. The first-order valence-electron chi connectivity index (χ1n) is 6.71. The summed E-state index contributed by atoms with van der Waals surface area (Å²) in [4.78, 5) is 18.1. The molecular formula is C14H13FN6. The van der Waals surface area contributed by atoms with Gasteiger partial charge in [0.05, 0.1) is 6.33 Å². The molecule has 0 spiro atoms. The van der Waals surface area contributed by atoms with Crippen molar-refractivity contribution in [2.24, 2.45) is 0 Å². The SMILES string of the molecule is CNc1nc(N2CCc3ccc(F)cc32)c2[nH]cnc2n1. The second kappa shape index (κ2) is 4.41. The number of H-pyrrole nitrogens is 1. The number of nitrogens with zero attached hydrogens (tertiary/aromatic N) is 4. The maximum Gasteiger partial charge on any atom is 0.226 e. The first-order chi connectivity index (χ1) is 10.3. The van der Waals surface area contributed by atoms with E-state index in [1.807, 2.05) is 11.0 Å². The fourth-order valence-corrected chi connectivity index (χ4v) is 2.70. The molecule has 0 atom stereocenters. The first kappa shape index (κ1) is 12.1. The van der Waals surface area contributed by atoms with Crippen LogP contribution < -0.4 is 10.2 Å². The summed E-state index contributed by atoms with van der Waals surface area (Å²) in [5.41, 5.74) is 3.32. The molecule has 6 nitrogen and oxygen atoms in total. The van der Waals surface area contributed by atoms with Gasteiger partial charge in [-0.1, -0.05) is 6.07 Å². The number of nitrogens with one attached hydrogen (secondary N) is 2. The van der Waals surface area contributed by atoms with Gasteiger partial charge in [-0.15, -0.1) is 0 Å². The van der Waals surface area contributed by atoms with Crippen LogP contribution in [0.25, 0.3) is 11.2 Å². The molecule has 4 rings (SSSR count). The van der Waals surface area contributed by atoms with E-state index in [1.165, 1.54) is 6.07 Å². The Labute approximate surface area is 120 Å². The fraction of sp³-hybridized carbons (Fsp3) is 0.214. The fourth-order valence-electron chi connectivity index (χ4n) is 2.70. The average molecular weight is 284 g/mol. The van der Waals surface area contributed by atoms with Gasteiger partial charge in [0.2, 0.25) is 5.95 Å². The Morgan fingerprint density at radius 2 is 2.24 bits per heavy atom. The van der Waals surface area contributed by atoms with Gasteiger partial charge in [0.15, 0.2) is 11.5 Å². The average Bonchev–Trinajstić information content (AvgIpc) is 3.11. The van der Waals surface area contributed by atoms with E-state index in [4.69, 9.17) is 0 Å². The van der Waals surface area contributed by atoms with E-state index in [-0.39, 0.29) is 5.82 Å². The summed E-state index contributed by atoms with van der Waals surface area (Å²) in [6, 6.07) is 4.87. The van der Waals surface area contributed by atoms with Gasteiger partial charge in [-0.3, -0.25) is 0 Å². The largest absolute Gasteiger partial charge is 0.357 e. The van der Waals surface area contributed by atoms with Crippen LogP contribution in [0, 0.1) is 5.82 Å². The van der Waals surface area contributed by atoms with E-state index in [2.05, 4.69) is 25.3 Å². The minimum absolute atomic E-state index is 0.246. The molecular weight excluding hydrogens is 271 g/mol. The lowest BCUT2D eigenvalue weighted by Gasteiger charge is -2.19. The molecule has 1 aliphatic rings. The first-order valence-corrected chi connectivity index (χ1v) is 6.71. The third-order valence-electron chi connectivity index (χ3n) is 3.69. The number of aromatic amines is 1. The zero-order chi connectivity index (χ0) is 14.4. The molecule has 0 amide bonds. The standard InChI is InChI=1S/C14H13FN6/c1-16-14-19-12-11(17-7-18-12)13(20-14)21-5-4-8-2-3-9(15)6-10(8)21/h2-3,6-7H,4-5H2,1H3,(H2,16,17,18,19,20). The van der Waals surface area contributed by atoms with Crippen molar-refractivity contribution in [2.45, 2.75) is 6.42 Å². The topological polar surface area (TPSA) is 69.7 Å². The highest BCUT2D eigenvalue weighted by Gasteiger charge is 2.25. The Morgan fingerprint density at radius 3 is 3.10 bits per heavy atom. The summed E-state index contributed by atoms with van der Waals surface area (Å²) in [6.07, 6.45) is 2.45. The van der Waals surface area contributed by atoms with Crippen LogP contribution in [-0.2, 0) is 6.42 Å². The van der Waals surface area contributed by atoms with Crippen LogP contribution in [0.2, 0.25) is 0 Å². The second-order valence-electron chi connectivity index (χ2n) is 4.90. The second-order valence-corrected chi connectivity index (χ2v) is 4.90. The Balaban J connectivity index is 1.92. The molecule has 0 radical (unpaired) electrons. The van der Waals surface area contributed by atoms with Crippen LogP contribution in [0.5, 0.6) is 0 Å². The van der Waals surface area contributed by atoms with E-state index in [0.717, 1.165) is 29.7 Å². The van der Waals surface area contributed by atoms with E-state index >= 15 is 0 Å². The maximum absolute atomic E-state index is 13.6. The predicted octanol–water partition coefficient (Wildman–Crippen LogP) is 2.23. The van der Waals surface area contributed by atoms with Gasteiger partial charge < -0.3 is 15.2 Å². The van der Waals surface area contributed by atoms with Crippen LogP contribution in [-0.4, -0.2) is 33.5 Å². The quantitative estimate of drug-likeness (QED) is 0.755. The number of fused-ring (bicyclic) bond motifs is 2. The normalized spacial score (nSPS) is 13.7. The third-order valence-corrected chi connectivity index (χ3v) is 3.69. The summed E-state index contributed by atoms with van der Waals surface area (Å²) in [6.45, 7) is 0.757. The van der Waals surface area contributed by atoms with Crippen molar-refractivity contribution in [3.63, 3.8) is 0 Å². The van der Waals surface area contributed by atoms with Gasteiger partial charge in [-0.2, -0.15) is 9.97 Å². The molecule has 0 saturated carbocycles. The van der Waals surface area contributed by atoms with Crippen molar-refractivity contribution >= 4 is 28.6 Å². The molecule has 0 aliphatic carbocycles. The number of benzene rings is 1. The van der Waals surface area contributed by atoms with Gasteiger partial charge >= 0.3 is 0 Å². The minimum atomic E-state index is -0.246. The lowest BCUT2D eigenvalue weighted by Crippen LogP contribution is -2.16. The van der Waals surface area contributed by atoms with Crippen molar-refractivity contribution in [1.82, 2.24) is 19.9 Å². The monoisotopic (exact) mass is 284 g/mol. The highest BCUT2D eigenvalue weighted by molar-refractivity contribution is 5.88. The Morgan fingerprint density at radius 1 is 1.33 bits per heavy atom. The molecule has 0 bridgehead atoms. The summed E-state index contributed by atoms with van der Waals surface area (Å²) >= 11 is 0. The van der Waals surface area contributed by atoms with Gasteiger partial charge in [-0.25, -0.2) is 9.37 Å². The molecule has 0 fully saturated rings. The number of hydrogen-bond donors (Lipinski definition) is 2. The molecule has 0 unspecified atom stereocenters. The van der Waals surface area contributed by atoms with Crippen LogP contribution >= 0.6 is 0 Å². The summed E-state index contributed by atoms with van der Waals surface area (Å²) in [7, 11) is 1.76. The van der Waals surface area contributed by atoms with Crippen molar-refractivity contribution < 1.29 is 4.39 Å². The van der Waals surface area contributed by atoms with Crippen LogP contribution in [0.3, 0.4) is 0 Å². The number of rotatable bonds is 2. The molecule has 3 heterocycles. The Kier molecular flexibility index (Phi) is 2.53. The van der Waals surface area contributed by atoms with Gasteiger partial charge in [0, 0.05) is 19.3 Å². The number of hydrogen-bond acceptors (Lipinski definition) is 5. The molecule has 2 aromatic heterocycles. The number of imidazole rings is 1. The van der Waals surface area contributed by atoms with Crippen molar-refractivity contribution in [3.8, 4) is 0 Å². The molecule has 21 heavy (non-hydrogen) atoms. The lowest BCUT2D eigenvalue weighted by molar-refractivity contribution is 0.628. The molecule has 3 aromatic rings. The highest BCUT2D eigenvalue weighted by Crippen LogP contribution is 2.36. The summed E-state index contributed by atoms with van der Waals surface area (Å²) in [5.74, 6) is 0.963. The van der Waals surface area contributed by atoms with Crippen molar-refractivity contribution in [2.75, 3.05) is 23.8 Å². The smallest absolute Gasteiger partial charge is 0.226 e. The van der Waals surface area contributed by atoms with Gasteiger partial charge in [0.25, 0.3) is 0 Å². The third kappa shape index (κ3) is 1.81. The Bertz CT molecular complexity index is 827. The van der Waals surface area contributed by atoms with E-state index < -0.39 is 0 Å². The predicted molar refractivity (Wildman–Crippen MR) is 78.3 cm³/mol. The lowest BCUT2D eigenvalue weighted by atomic mass is 10.2. The zero-order valence-electron chi connectivity index (χ0n) is 11.4. The van der Waals surface area contributed by atoms with Crippen molar-refractivity contribution in [3.05, 3.63) is 35.9 Å². The van der Waals surface area contributed by atoms with E-state index in [1.54, 1.807) is 19.4 Å². The molecule has 1 aliphatic heterocycles. The molecule has 0 saturated heterocycles. The van der Waals surface area contributed by atoms with Crippen molar-refractivity contribution in [1.29, 1.82) is 0 Å². The maximum atomic E-state index is 13.6. The molecule has 1 aromatic carbocycles. The molecule has 2 N–H and O–H groups in total. The molecule has 7 heteroatoms. The van der Waals surface area contributed by atoms with E-state index in [9.17, 15) is 4.39 Å². The van der Waals surface area contributed by atoms with E-state index in [0.29, 0.717) is 17.4 Å². The Hall–Kier alpha value is -2.70. The zero-order valence-corrected chi connectivity index (χ0v) is 11.4. The van der Waals surface area contributed by atoms with Crippen LogP contribution in [0.15, 0.2) is 24.5 Å². The number of halogens is 1. The van der Waals surface area contributed by atoms with Gasteiger partial charge in [-0.05, 0) is 24.1 Å². The summed E-state index contributed by atoms with van der Waals surface area (Å²) < 4.78 is 13.6. The number of aromatic nitrogens is 4. The van der Waals surface area contributed by atoms with Crippen LogP contribution in [0.1, 0.15) is 5.56 Å². The highest BCUT2D eigenvalue weighted by atomic mass is 19.1. The van der Waals surface area contributed by atoms with Gasteiger partial charge in [0.1, 0.15) is 11.3 Å². The molecule has 106 valence electrons. The summed E-state index contributed by atoms with van der Waals surface area (Å²) in [5, 5.41) is 2.93.